The van der Waals surface area contributed by atoms with Crippen molar-refractivity contribution in [3.8, 4) is 0 Å². The van der Waals surface area contributed by atoms with E-state index in [-0.39, 0.29) is 0 Å². The molecule has 0 saturated carbocycles. The van der Waals surface area contributed by atoms with Gasteiger partial charge in [0, 0.05) is 0 Å². The van der Waals surface area contributed by atoms with E-state index in [1.54, 1.807) is 38.1 Å². The predicted octanol–water partition coefficient (Wildman–Crippen LogP) is 1.39. The van der Waals surface area contributed by atoms with Gasteiger partial charge in [-0.1, -0.05) is 17.3 Å². The molecule has 7 heteroatoms. The Hall–Kier alpha value is -1.99. The monoisotopic (exact) mass is 245 g/mol. The molecule has 0 fully saturated rings. The van der Waals surface area contributed by atoms with Crippen molar-refractivity contribution >= 4 is 24.0 Å². The lowest BCUT2D eigenvalue weighted by atomic mass is 9.80. The highest BCUT2D eigenvalue weighted by molar-refractivity contribution is 6.58. The normalized spacial score (nSPS) is 11.1. The average Bonchev–Trinajstić information content (AvgIpc) is 2.67. The van der Waals surface area contributed by atoms with Gasteiger partial charge in [0.05, 0.1) is 5.69 Å². The molecule has 0 atom stereocenters. The third-order valence-corrected chi connectivity index (χ3v) is 2.43. The second-order valence-electron chi connectivity index (χ2n) is 3.84. The summed E-state index contributed by atoms with van der Waals surface area (Å²) in [6.07, 6.45) is 0. The molecule has 1 aromatic heterocycles. The van der Waals surface area contributed by atoms with E-state index in [0.717, 1.165) is 0 Å². The van der Waals surface area contributed by atoms with Crippen LogP contribution in [0.1, 0.15) is 11.5 Å². The minimum atomic E-state index is -1.51. The summed E-state index contributed by atoms with van der Waals surface area (Å²) < 4.78 is 4.96. The summed E-state index contributed by atoms with van der Waals surface area (Å²) in [4.78, 5) is 0. The van der Waals surface area contributed by atoms with Gasteiger partial charge in [-0.15, -0.1) is 5.11 Å². The van der Waals surface area contributed by atoms with Crippen LogP contribution in [0, 0.1) is 13.8 Å². The Balaban J connectivity index is 2.26. The number of benzene rings is 1. The molecular formula is C11H12BN3O3. The molecule has 0 spiro atoms. The standard InChI is InChI=1S/C11H12BN3O3/c1-7-11(8(2)18-15-7)14-13-10-5-3-4-9(6-10)12(16)17/h3-6,16-17H,1-2H3. The molecule has 0 radical (unpaired) electrons. The number of aromatic nitrogens is 1. The number of nitrogens with zero attached hydrogens (tertiary/aromatic N) is 3. The van der Waals surface area contributed by atoms with Crippen LogP contribution >= 0.6 is 0 Å². The highest BCUT2D eigenvalue weighted by Crippen LogP contribution is 2.24. The van der Waals surface area contributed by atoms with Gasteiger partial charge in [-0.3, -0.25) is 0 Å². The first-order chi connectivity index (χ1) is 8.58. The second kappa shape index (κ2) is 5.11. The van der Waals surface area contributed by atoms with Crippen molar-refractivity contribution in [1.82, 2.24) is 5.16 Å². The zero-order valence-corrected chi connectivity index (χ0v) is 10.0. The van der Waals surface area contributed by atoms with Gasteiger partial charge in [0.1, 0.15) is 5.69 Å². The third-order valence-electron chi connectivity index (χ3n) is 2.43. The molecule has 2 aromatic rings. The molecule has 1 heterocycles. The molecular weight excluding hydrogens is 233 g/mol. The van der Waals surface area contributed by atoms with Crippen LogP contribution in [-0.2, 0) is 0 Å². The Labute approximate surface area is 104 Å². The summed E-state index contributed by atoms with van der Waals surface area (Å²) in [5, 5.41) is 29.9. The smallest absolute Gasteiger partial charge is 0.423 e. The fourth-order valence-corrected chi connectivity index (χ4v) is 1.48. The van der Waals surface area contributed by atoms with Crippen molar-refractivity contribution < 1.29 is 14.6 Å². The van der Waals surface area contributed by atoms with Crippen LogP contribution in [0.5, 0.6) is 0 Å². The van der Waals surface area contributed by atoms with Gasteiger partial charge >= 0.3 is 7.12 Å². The molecule has 0 saturated heterocycles. The Kier molecular flexibility index (Phi) is 3.54. The van der Waals surface area contributed by atoms with Gasteiger partial charge < -0.3 is 14.6 Å². The number of hydrogen-bond acceptors (Lipinski definition) is 6. The minimum Gasteiger partial charge on any atom is -0.423 e. The van der Waals surface area contributed by atoms with E-state index in [9.17, 15) is 0 Å². The molecule has 0 aliphatic carbocycles. The molecule has 1 aromatic carbocycles. The molecule has 6 nitrogen and oxygen atoms in total. The van der Waals surface area contributed by atoms with E-state index in [4.69, 9.17) is 14.6 Å². The first kappa shape index (κ1) is 12.5. The lowest BCUT2D eigenvalue weighted by molar-refractivity contribution is 0.393. The molecule has 0 aliphatic heterocycles. The fourth-order valence-electron chi connectivity index (χ4n) is 1.48. The maximum atomic E-state index is 9.05. The SMILES string of the molecule is Cc1noc(C)c1N=Nc1cccc(B(O)O)c1. The summed E-state index contributed by atoms with van der Waals surface area (Å²) in [5.74, 6) is 0.592. The van der Waals surface area contributed by atoms with Crippen LogP contribution in [-0.4, -0.2) is 22.3 Å². The Morgan fingerprint density at radius 2 is 2.00 bits per heavy atom. The highest BCUT2D eigenvalue weighted by atomic mass is 16.5. The van der Waals surface area contributed by atoms with Gasteiger partial charge in [-0.05, 0) is 31.4 Å². The molecule has 0 bridgehead atoms. The maximum Gasteiger partial charge on any atom is 0.488 e. The van der Waals surface area contributed by atoms with Crippen molar-refractivity contribution in [2.24, 2.45) is 10.2 Å². The molecule has 18 heavy (non-hydrogen) atoms. The van der Waals surface area contributed by atoms with Gasteiger partial charge in [-0.2, -0.15) is 5.11 Å². The average molecular weight is 245 g/mol. The van der Waals surface area contributed by atoms with Gasteiger partial charge in [0.2, 0.25) is 0 Å². The summed E-state index contributed by atoms with van der Waals surface area (Å²) in [5.41, 5.74) is 2.14. The number of aryl methyl sites for hydroxylation is 2. The first-order valence-electron chi connectivity index (χ1n) is 5.38. The van der Waals surface area contributed by atoms with E-state index in [2.05, 4.69) is 15.4 Å². The first-order valence-corrected chi connectivity index (χ1v) is 5.38. The molecule has 2 N–H and O–H groups in total. The predicted molar refractivity (Wildman–Crippen MR) is 66.4 cm³/mol. The van der Waals surface area contributed by atoms with Crippen LogP contribution in [0.3, 0.4) is 0 Å². The van der Waals surface area contributed by atoms with E-state index >= 15 is 0 Å². The van der Waals surface area contributed by atoms with Gasteiger partial charge in [0.25, 0.3) is 0 Å². The van der Waals surface area contributed by atoms with Gasteiger partial charge in [0.15, 0.2) is 11.4 Å². The third kappa shape index (κ3) is 2.64. The van der Waals surface area contributed by atoms with E-state index in [1.807, 2.05) is 0 Å². The summed E-state index contributed by atoms with van der Waals surface area (Å²) >= 11 is 0. The minimum absolute atomic E-state index is 0.366. The lowest BCUT2D eigenvalue weighted by Gasteiger charge is -1.99. The Bertz CT molecular complexity index is 561. The summed E-state index contributed by atoms with van der Waals surface area (Å²) in [7, 11) is -1.51. The van der Waals surface area contributed by atoms with Gasteiger partial charge in [-0.25, -0.2) is 0 Å². The maximum absolute atomic E-state index is 9.05. The van der Waals surface area contributed by atoms with Crippen LogP contribution in [0.4, 0.5) is 11.4 Å². The largest absolute Gasteiger partial charge is 0.488 e. The zero-order valence-electron chi connectivity index (χ0n) is 10.0. The van der Waals surface area contributed by atoms with E-state index < -0.39 is 7.12 Å². The second-order valence-corrected chi connectivity index (χ2v) is 3.84. The summed E-state index contributed by atoms with van der Waals surface area (Å²) in [6.45, 7) is 3.53. The number of hydrogen-bond donors (Lipinski definition) is 2. The fraction of sp³-hybridized carbons (Fsp3) is 0.182. The molecule has 92 valence electrons. The quantitative estimate of drug-likeness (QED) is 0.631. The number of rotatable bonds is 3. The van der Waals surface area contributed by atoms with Crippen molar-refractivity contribution in [3.63, 3.8) is 0 Å². The van der Waals surface area contributed by atoms with Crippen molar-refractivity contribution in [2.45, 2.75) is 13.8 Å². The van der Waals surface area contributed by atoms with Crippen molar-refractivity contribution in [1.29, 1.82) is 0 Å². The highest BCUT2D eigenvalue weighted by Gasteiger charge is 2.11. The van der Waals surface area contributed by atoms with E-state index in [0.29, 0.717) is 28.3 Å². The molecule has 0 aliphatic rings. The number of azo groups is 1. The van der Waals surface area contributed by atoms with Crippen LogP contribution < -0.4 is 5.46 Å². The van der Waals surface area contributed by atoms with Crippen LogP contribution in [0.25, 0.3) is 0 Å². The topological polar surface area (TPSA) is 91.2 Å². The van der Waals surface area contributed by atoms with Crippen molar-refractivity contribution in [2.75, 3.05) is 0 Å². The molecule has 0 unspecified atom stereocenters. The Morgan fingerprint density at radius 1 is 1.22 bits per heavy atom. The molecule has 0 amide bonds. The zero-order chi connectivity index (χ0) is 13.1. The van der Waals surface area contributed by atoms with Crippen LogP contribution in [0.2, 0.25) is 0 Å². The lowest BCUT2D eigenvalue weighted by Crippen LogP contribution is -2.29. The summed E-state index contributed by atoms with van der Waals surface area (Å²) in [6, 6.07) is 6.54. The van der Waals surface area contributed by atoms with Crippen molar-refractivity contribution in [3.05, 3.63) is 35.7 Å². The van der Waals surface area contributed by atoms with E-state index in [1.165, 1.54) is 0 Å². The van der Waals surface area contributed by atoms with Crippen LogP contribution in [0.15, 0.2) is 39.0 Å². The molecule has 2 rings (SSSR count). The Morgan fingerprint density at radius 3 is 2.61 bits per heavy atom.